The van der Waals surface area contributed by atoms with Crippen LogP contribution in [0.3, 0.4) is 0 Å². The summed E-state index contributed by atoms with van der Waals surface area (Å²) in [6.07, 6.45) is 10.7. The summed E-state index contributed by atoms with van der Waals surface area (Å²) in [5, 5.41) is 0. The lowest BCUT2D eigenvalue weighted by atomic mass is 9.85. The van der Waals surface area contributed by atoms with Crippen LogP contribution in [-0.2, 0) is 0 Å². The van der Waals surface area contributed by atoms with Crippen LogP contribution in [0.4, 0.5) is 0 Å². The van der Waals surface area contributed by atoms with Crippen molar-refractivity contribution < 1.29 is 0 Å². The van der Waals surface area contributed by atoms with E-state index in [4.69, 9.17) is 0 Å². The molecular formula is C11H20. The van der Waals surface area contributed by atoms with Gasteiger partial charge in [-0.05, 0) is 37.0 Å². The van der Waals surface area contributed by atoms with Crippen LogP contribution in [0.25, 0.3) is 0 Å². The zero-order valence-corrected chi connectivity index (χ0v) is 7.68. The Hall–Kier alpha value is 0. The number of hydrogen-bond acceptors (Lipinski definition) is 0. The number of unbranched alkanes of at least 4 members (excludes halogenated alkanes) is 1. The smallest absolute Gasteiger partial charge is 0.0383 e. The Kier molecular flexibility index (Phi) is 2.20. The van der Waals surface area contributed by atoms with Gasteiger partial charge in [-0.15, -0.1) is 0 Å². The van der Waals surface area contributed by atoms with Crippen molar-refractivity contribution in [2.45, 2.75) is 51.9 Å². The highest BCUT2D eigenvalue weighted by atomic mass is 14.4. The van der Waals surface area contributed by atoms with Crippen molar-refractivity contribution in [3.05, 3.63) is 0 Å². The van der Waals surface area contributed by atoms with Gasteiger partial charge >= 0.3 is 0 Å². The Labute approximate surface area is 70.4 Å². The van der Waals surface area contributed by atoms with E-state index in [1.54, 1.807) is 25.7 Å². The van der Waals surface area contributed by atoms with E-state index in [1.807, 2.05) is 0 Å². The summed E-state index contributed by atoms with van der Waals surface area (Å²) in [7, 11) is 0. The van der Waals surface area contributed by atoms with E-state index in [1.165, 1.54) is 19.3 Å². The Morgan fingerprint density at radius 3 is 2.64 bits per heavy atom. The largest absolute Gasteiger partial charge is 0.0654 e. The lowest BCUT2D eigenvalue weighted by Crippen LogP contribution is -2.09. The molecule has 2 aliphatic rings. The van der Waals surface area contributed by atoms with Gasteiger partial charge in [-0.2, -0.15) is 0 Å². The zero-order valence-electron chi connectivity index (χ0n) is 7.68. The van der Waals surface area contributed by atoms with Crippen molar-refractivity contribution in [1.82, 2.24) is 0 Å². The van der Waals surface area contributed by atoms with Crippen LogP contribution in [0.1, 0.15) is 51.9 Å². The van der Waals surface area contributed by atoms with Gasteiger partial charge in [0, 0.05) is 0 Å². The van der Waals surface area contributed by atoms with Gasteiger partial charge in [0.2, 0.25) is 0 Å². The van der Waals surface area contributed by atoms with Crippen LogP contribution in [0, 0.1) is 17.8 Å². The number of fused-ring (bicyclic) bond motifs is 2. The topological polar surface area (TPSA) is 0 Å². The summed E-state index contributed by atoms with van der Waals surface area (Å²) < 4.78 is 0. The van der Waals surface area contributed by atoms with Gasteiger partial charge in [0.1, 0.15) is 0 Å². The maximum atomic E-state index is 2.31. The molecule has 11 heavy (non-hydrogen) atoms. The van der Waals surface area contributed by atoms with Crippen molar-refractivity contribution in [1.29, 1.82) is 0 Å². The Morgan fingerprint density at radius 1 is 1.18 bits per heavy atom. The molecule has 64 valence electrons. The second-order valence-electron chi connectivity index (χ2n) is 4.58. The third-order valence-corrected chi connectivity index (χ3v) is 3.81. The molecule has 2 rings (SSSR count). The van der Waals surface area contributed by atoms with E-state index >= 15 is 0 Å². The molecular weight excluding hydrogens is 132 g/mol. The second-order valence-corrected chi connectivity index (χ2v) is 4.58. The SMILES string of the molecule is CCCC[C@@H]1C[C@H]2CC[C@@H]1C2. The number of hydrogen-bond donors (Lipinski definition) is 0. The second kappa shape index (κ2) is 3.16. The molecule has 2 aliphatic carbocycles. The van der Waals surface area contributed by atoms with Crippen molar-refractivity contribution >= 4 is 0 Å². The Balaban J connectivity index is 1.78. The lowest BCUT2D eigenvalue weighted by molar-refractivity contribution is 0.307. The highest BCUT2D eigenvalue weighted by Crippen LogP contribution is 2.49. The maximum absolute atomic E-state index is 2.31. The maximum Gasteiger partial charge on any atom is -0.0383 e. The molecule has 0 aromatic carbocycles. The van der Waals surface area contributed by atoms with Crippen LogP contribution in [0.5, 0.6) is 0 Å². The molecule has 0 saturated heterocycles. The molecule has 0 unspecified atom stereocenters. The van der Waals surface area contributed by atoms with Gasteiger partial charge in [0.05, 0.1) is 0 Å². The van der Waals surface area contributed by atoms with E-state index in [2.05, 4.69) is 6.92 Å². The van der Waals surface area contributed by atoms with E-state index < -0.39 is 0 Å². The van der Waals surface area contributed by atoms with Crippen LogP contribution in [-0.4, -0.2) is 0 Å². The quantitative estimate of drug-likeness (QED) is 0.579. The number of rotatable bonds is 3. The predicted octanol–water partition coefficient (Wildman–Crippen LogP) is 3.61. The summed E-state index contributed by atoms with van der Waals surface area (Å²) in [6, 6.07) is 0. The van der Waals surface area contributed by atoms with Gasteiger partial charge < -0.3 is 0 Å². The first kappa shape index (κ1) is 7.64. The zero-order chi connectivity index (χ0) is 7.68. The first-order valence-corrected chi connectivity index (χ1v) is 5.40. The first-order valence-electron chi connectivity index (χ1n) is 5.40. The molecule has 0 radical (unpaired) electrons. The third-order valence-electron chi connectivity index (χ3n) is 3.81. The van der Waals surface area contributed by atoms with Crippen molar-refractivity contribution in [2.24, 2.45) is 17.8 Å². The predicted molar refractivity (Wildman–Crippen MR) is 48.5 cm³/mol. The van der Waals surface area contributed by atoms with Crippen LogP contribution in [0.15, 0.2) is 0 Å². The molecule has 3 atom stereocenters. The molecule has 0 N–H and O–H groups in total. The normalized spacial score (nSPS) is 41.7. The summed E-state index contributed by atoms with van der Waals surface area (Å²) >= 11 is 0. The monoisotopic (exact) mass is 152 g/mol. The van der Waals surface area contributed by atoms with E-state index in [-0.39, 0.29) is 0 Å². The standard InChI is InChI=1S/C11H20/c1-2-3-4-10-7-9-5-6-11(10)8-9/h9-11H,2-8H2,1H3/t9-,10-,11-/m1/s1. The summed E-state index contributed by atoms with van der Waals surface area (Å²) in [4.78, 5) is 0. The summed E-state index contributed by atoms with van der Waals surface area (Å²) in [5.41, 5.74) is 0. The fourth-order valence-electron chi connectivity index (χ4n) is 3.20. The van der Waals surface area contributed by atoms with Crippen LogP contribution in [0.2, 0.25) is 0 Å². The molecule has 0 heteroatoms. The summed E-state index contributed by atoms with van der Waals surface area (Å²) in [5.74, 6) is 3.46. The van der Waals surface area contributed by atoms with Gasteiger partial charge in [-0.3, -0.25) is 0 Å². The molecule has 0 heterocycles. The minimum atomic E-state index is 1.15. The molecule has 0 amide bonds. The highest BCUT2D eigenvalue weighted by Gasteiger charge is 2.38. The van der Waals surface area contributed by atoms with Gasteiger partial charge in [-0.1, -0.05) is 32.6 Å². The average molecular weight is 152 g/mol. The molecule has 2 saturated carbocycles. The molecule has 2 bridgehead atoms. The van der Waals surface area contributed by atoms with Gasteiger partial charge in [0.15, 0.2) is 0 Å². The lowest BCUT2D eigenvalue weighted by Gasteiger charge is -2.20. The van der Waals surface area contributed by atoms with E-state index in [0.717, 1.165) is 17.8 Å². The fraction of sp³-hybridized carbons (Fsp3) is 1.00. The molecule has 0 aliphatic heterocycles. The van der Waals surface area contributed by atoms with Gasteiger partial charge in [0.25, 0.3) is 0 Å². The van der Waals surface area contributed by atoms with Crippen molar-refractivity contribution in [3.63, 3.8) is 0 Å². The molecule has 0 aromatic heterocycles. The highest BCUT2D eigenvalue weighted by molar-refractivity contribution is 4.89. The van der Waals surface area contributed by atoms with Crippen molar-refractivity contribution in [3.8, 4) is 0 Å². The van der Waals surface area contributed by atoms with Crippen molar-refractivity contribution in [2.75, 3.05) is 0 Å². The van der Waals surface area contributed by atoms with E-state index in [0.29, 0.717) is 0 Å². The molecule has 0 aromatic rings. The first-order chi connectivity index (χ1) is 5.40. The van der Waals surface area contributed by atoms with E-state index in [9.17, 15) is 0 Å². The summed E-state index contributed by atoms with van der Waals surface area (Å²) in [6.45, 7) is 2.31. The minimum absolute atomic E-state index is 1.15. The minimum Gasteiger partial charge on any atom is -0.0654 e. The average Bonchev–Trinajstić information content (AvgIpc) is 2.60. The molecule has 0 spiro atoms. The molecule has 2 fully saturated rings. The molecule has 0 nitrogen and oxygen atoms in total. The van der Waals surface area contributed by atoms with Crippen LogP contribution < -0.4 is 0 Å². The Bertz CT molecular complexity index is 128. The third kappa shape index (κ3) is 1.45. The van der Waals surface area contributed by atoms with Crippen LogP contribution >= 0.6 is 0 Å². The van der Waals surface area contributed by atoms with Gasteiger partial charge in [-0.25, -0.2) is 0 Å². The fourth-order valence-corrected chi connectivity index (χ4v) is 3.20. The Morgan fingerprint density at radius 2 is 2.09 bits per heavy atom.